The molecule has 156 valence electrons. The van der Waals surface area contributed by atoms with Crippen molar-refractivity contribution in [3.05, 3.63) is 136 Å². The van der Waals surface area contributed by atoms with Gasteiger partial charge in [0.1, 0.15) is 5.75 Å². The summed E-state index contributed by atoms with van der Waals surface area (Å²) >= 11 is 0. The third kappa shape index (κ3) is 4.72. The fraction of sp³-hybridized carbons (Fsp3) is 0.200. The molecule has 1 nitrogen and oxygen atoms in total. The van der Waals surface area contributed by atoms with Gasteiger partial charge in [0.25, 0.3) is 0 Å². The monoisotopic (exact) mass is 406 g/mol. The number of phenolic OH excluding ortho intramolecular Hbond substituents is 1. The number of rotatable bonds is 6. The number of benzene rings is 4. The highest BCUT2D eigenvalue weighted by molar-refractivity contribution is 5.51. The van der Waals surface area contributed by atoms with Crippen molar-refractivity contribution in [2.24, 2.45) is 0 Å². The quantitative estimate of drug-likeness (QED) is 0.359. The zero-order valence-electron chi connectivity index (χ0n) is 18.6. The second kappa shape index (κ2) is 8.81. The highest BCUT2D eigenvalue weighted by Gasteiger charge is 2.25. The van der Waals surface area contributed by atoms with Crippen LogP contribution in [-0.4, -0.2) is 5.11 Å². The summed E-state index contributed by atoms with van der Waals surface area (Å²) in [5.74, 6) is 0.413. The Morgan fingerprint density at radius 2 is 1.06 bits per heavy atom. The molecule has 0 bridgehead atoms. The first-order valence-electron chi connectivity index (χ1n) is 10.9. The third-order valence-corrected chi connectivity index (χ3v) is 6.24. The Labute approximate surface area is 186 Å². The van der Waals surface area contributed by atoms with Gasteiger partial charge in [-0.1, -0.05) is 116 Å². The summed E-state index contributed by atoms with van der Waals surface area (Å²) in [7, 11) is 0. The number of aryl methyl sites for hydroxylation is 1. The predicted octanol–water partition coefficient (Wildman–Crippen LogP) is 7.21. The van der Waals surface area contributed by atoms with Gasteiger partial charge in [-0.25, -0.2) is 0 Å². The van der Waals surface area contributed by atoms with Crippen molar-refractivity contribution >= 4 is 0 Å². The lowest BCUT2D eigenvalue weighted by Gasteiger charge is -2.28. The lowest BCUT2D eigenvalue weighted by Crippen LogP contribution is -2.20. The molecule has 4 aromatic carbocycles. The first kappa shape index (κ1) is 20.9. The average molecular weight is 407 g/mol. The lowest BCUT2D eigenvalue weighted by molar-refractivity contribution is 0.462. The molecule has 0 aromatic heterocycles. The molecule has 0 saturated carbocycles. The van der Waals surface area contributed by atoms with E-state index in [4.69, 9.17) is 0 Å². The van der Waals surface area contributed by atoms with E-state index >= 15 is 0 Å². The maximum Gasteiger partial charge on any atom is 0.122 e. The van der Waals surface area contributed by atoms with Crippen LogP contribution in [0.4, 0.5) is 0 Å². The number of hydrogen-bond donors (Lipinski definition) is 1. The Morgan fingerprint density at radius 3 is 1.52 bits per heavy atom. The fourth-order valence-corrected chi connectivity index (χ4v) is 4.16. The molecule has 0 saturated heterocycles. The van der Waals surface area contributed by atoms with E-state index in [-0.39, 0.29) is 5.41 Å². The number of aromatic hydroxyl groups is 1. The van der Waals surface area contributed by atoms with Crippen molar-refractivity contribution in [2.45, 2.75) is 39.0 Å². The zero-order valence-corrected chi connectivity index (χ0v) is 18.6. The van der Waals surface area contributed by atoms with Crippen molar-refractivity contribution in [3.63, 3.8) is 0 Å². The molecule has 0 heterocycles. The maximum absolute atomic E-state index is 11.2. The molecule has 4 aromatic rings. The molecule has 1 heteroatoms. The Morgan fingerprint density at radius 1 is 0.613 bits per heavy atom. The third-order valence-electron chi connectivity index (χ3n) is 6.24. The summed E-state index contributed by atoms with van der Waals surface area (Å²) in [5, 5.41) is 11.2. The van der Waals surface area contributed by atoms with Crippen molar-refractivity contribution in [1.82, 2.24) is 0 Å². The molecule has 31 heavy (non-hydrogen) atoms. The van der Waals surface area contributed by atoms with Crippen molar-refractivity contribution in [2.75, 3.05) is 0 Å². The van der Waals surface area contributed by atoms with E-state index in [0.29, 0.717) is 18.6 Å². The van der Waals surface area contributed by atoms with Crippen LogP contribution in [0.5, 0.6) is 5.75 Å². The van der Waals surface area contributed by atoms with E-state index in [1.807, 2.05) is 12.1 Å². The average Bonchev–Trinajstić information content (AvgIpc) is 2.78. The molecule has 0 atom stereocenters. The largest absolute Gasteiger partial charge is 0.507 e. The second-order valence-electron chi connectivity index (χ2n) is 8.96. The summed E-state index contributed by atoms with van der Waals surface area (Å²) in [6, 6.07) is 33.9. The van der Waals surface area contributed by atoms with Gasteiger partial charge in [-0.2, -0.15) is 0 Å². The molecule has 0 aliphatic heterocycles. The molecule has 0 amide bonds. The molecule has 0 unspecified atom stereocenters. The Hall–Kier alpha value is -3.32. The minimum Gasteiger partial charge on any atom is -0.507 e. The van der Waals surface area contributed by atoms with E-state index in [1.54, 1.807) is 0 Å². The van der Waals surface area contributed by atoms with Crippen LogP contribution in [0.25, 0.3) is 0 Å². The second-order valence-corrected chi connectivity index (χ2v) is 8.96. The Kier molecular flexibility index (Phi) is 5.95. The normalized spacial score (nSPS) is 11.5. The van der Waals surface area contributed by atoms with Gasteiger partial charge < -0.3 is 5.11 Å². The lowest BCUT2D eigenvalue weighted by atomic mass is 9.76. The summed E-state index contributed by atoms with van der Waals surface area (Å²) in [5.41, 5.74) is 7.97. The summed E-state index contributed by atoms with van der Waals surface area (Å²) in [4.78, 5) is 0. The molecule has 4 rings (SSSR count). The van der Waals surface area contributed by atoms with Crippen LogP contribution in [0.3, 0.4) is 0 Å². The van der Waals surface area contributed by atoms with Crippen LogP contribution < -0.4 is 0 Å². The standard InChI is InChI=1S/C30H30O/c1-22-14-16-27(17-15-22)30(2,3)28-20-25(18-23-10-6-4-7-11-23)29(31)26(21-28)19-24-12-8-5-9-13-24/h4-17,20-21,31H,18-19H2,1-3H3. The zero-order chi connectivity index (χ0) is 21.8. The molecule has 0 spiro atoms. The molecule has 0 aliphatic carbocycles. The van der Waals surface area contributed by atoms with Gasteiger partial charge in [-0.15, -0.1) is 0 Å². The summed E-state index contributed by atoms with van der Waals surface area (Å²) in [6.45, 7) is 6.65. The maximum atomic E-state index is 11.2. The first-order valence-corrected chi connectivity index (χ1v) is 10.9. The molecule has 0 aliphatic rings. The van der Waals surface area contributed by atoms with Gasteiger partial charge >= 0.3 is 0 Å². The highest BCUT2D eigenvalue weighted by Crippen LogP contribution is 2.37. The molecule has 0 fully saturated rings. The fourth-order valence-electron chi connectivity index (χ4n) is 4.16. The van der Waals surface area contributed by atoms with Crippen molar-refractivity contribution in [3.8, 4) is 5.75 Å². The van der Waals surface area contributed by atoms with Crippen LogP contribution in [0, 0.1) is 6.92 Å². The van der Waals surface area contributed by atoms with Gasteiger partial charge in [0.15, 0.2) is 0 Å². The predicted molar refractivity (Wildman–Crippen MR) is 130 cm³/mol. The van der Waals surface area contributed by atoms with E-state index in [2.05, 4.69) is 106 Å². The van der Waals surface area contributed by atoms with Crippen LogP contribution in [0.1, 0.15) is 52.8 Å². The smallest absolute Gasteiger partial charge is 0.122 e. The van der Waals surface area contributed by atoms with Gasteiger partial charge in [0, 0.05) is 18.3 Å². The molecule has 0 radical (unpaired) electrons. The van der Waals surface area contributed by atoms with E-state index in [9.17, 15) is 5.11 Å². The van der Waals surface area contributed by atoms with E-state index < -0.39 is 0 Å². The van der Waals surface area contributed by atoms with Gasteiger partial charge in [-0.05, 0) is 40.3 Å². The minimum atomic E-state index is -0.168. The number of hydrogen-bond acceptors (Lipinski definition) is 1. The topological polar surface area (TPSA) is 20.2 Å². The first-order chi connectivity index (χ1) is 14.9. The Balaban J connectivity index is 1.81. The SMILES string of the molecule is Cc1ccc(C(C)(C)c2cc(Cc3ccccc3)c(O)c(Cc3ccccc3)c2)cc1. The minimum absolute atomic E-state index is 0.168. The molecule has 1 N–H and O–H groups in total. The van der Waals surface area contributed by atoms with Crippen LogP contribution in [0.15, 0.2) is 97.1 Å². The van der Waals surface area contributed by atoms with Crippen LogP contribution in [0.2, 0.25) is 0 Å². The summed E-state index contributed by atoms with van der Waals surface area (Å²) in [6.07, 6.45) is 1.43. The highest BCUT2D eigenvalue weighted by atomic mass is 16.3. The number of phenols is 1. The van der Waals surface area contributed by atoms with Gasteiger partial charge in [-0.3, -0.25) is 0 Å². The van der Waals surface area contributed by atoms with Crippen LogP contribution in [-0.2, 0) is 18.3 Å². The van der Waals surface area contributed by atoms with Gasteiger partial charge in [0.05, 0.1) is 0 Å². The Bertz CT molecular complexity index is 1080. The van der Waals surface area contributed by atoms with Crippen molar-refractivity contribution < 1.29 is 5.11 Å². The summed E-state index contributed by atoms with van der Waals surface area (Å²) < 4.78 is 0. The molecular weight excluding hydrogens is 376 g/mol. The van der Waals surface area contributed by atoms with Crippen LogP contribution >= 0.6 is 0 Å². The van der Waals surface area contributed by atoms with E-state index in [1.165, 1.54) is 27.8 Å². The van der Waals surface area contributed by atoms with Crippen molar-refractivity contribution in [1.29, 1.82) is 0 Å². The molecular formula is C30H30O. The van der Waals surface area contributed by atoms with Gasteiger partial charge in [0.2, 0.25) is 0 Å². The van der Waals surface area contributed by atoms with E-state index in [0.717, 1.165) is 11.1 Å².